The van der Waals surface area contributed by atoms with Crippen LogP contribution in [0.5, 0.6) is 0 Å². The first-order valence-corrected chi connectivity index (χ1v) is 8.25. The minimum atomic E-state index is -0.505. The molecule has 0 bridgehead atoms. The lowest BCUT2D eigenvalue weighted by Crippen LogP contribution is -2.35. The Hall–Kier alpha value is -0.480. The summed E-state index contributed by atoms with van der Waals surface area (Å²) < 4.78 is 4.94. The van der Waals surface area contributed by atoms with Gasteiger partial charge in [-0.1, -0.05) is 32.4 Å². The van der Waals surface area contributed by atoms with Crippen molar-refractivity contribution in [2.45, 2.75) is 51.8 Å². The van der Waals surface area contributed by atoms with Crippen LogP contribution in [0.15, 0.2) is 11.6 Å². The third-order valence-corrected chi connectivity index (χ3v) is 5.16. The Morgan fingerprint density at radius 1 is 1.58 bits per heavy atom. The second kappa shape index (κ2) is 7.95. The van der Waals surface area contributed by atoms with E-state index in [2.05, 4.69) is 26.8 Å². The van der Waals surface area contributed by atoms with Crippen molar-refractivity contribution in [3.8, 4) is 0 Å². The zero-order valence-corrected chi connectivity index (χ0v) is 13.3. The molecule has 19 heavy (non-hydrogen) atoms. The molecule has 3 nitrogen and oxygen atoms in total. The lowest BCUT2D eigenvalue weighted by molar-refractivity contribution is -0.144. The smallest absolute Gasteiger partial charge is 0.323 e. The normalized spacial score (nSPS) is 25.1. The molecule has 0 aliphatic heterocycles. The van der Waals surface area contributed by atoms with Crippen LogP contribution >= 0.6 is 11.8 Å². The number of carbonyl (C=O) groups excluding carboxylic acids is 1. The molecule has 1 aliphatic carbocycles. The van der Waals surface area contributed by atoms with Gasteiger partial charge in [0.15, 0.2) is 0 Å². The summed E-state index contributed by atoms with van der Waals surface area (Å²) in [4.78, 5) is 11.5. The third kappa shape index (κ3) is 5.19. The van der Waals surface area contributed by atoms with Gasteiger partial charge in [-0.3, -0.25) is 4.79 Å². The standard InChI is InChI=1S/C15H27NO2S/c1-5-18-15(17)13(16)9-19-14-8-12(10(2)3)7-6-11(14)4/h8,10-11,13-14H,5-7,9,16H2,1-4H3/t11?,13-,14?/m0/s1. The zero-order valence-electron chi connectivity index (χ0n) is 12.5. The molecule has 0 saturated heterocycles. The number of esters is 1. The van der Waals surface area contributed by atoms with E-state index >= 15 is 0 Å². The van der Waals surface area contributed by atoms with Crippen molar-refractivity contribution in [3.05, 3.63) is 11.6 Å². The molecule has 0 amide bonds. The molecule has 1 aliphatic rings. The quantitative estimate of drug-likeness (QED) is 0.602. The second-order valence-electron chi connectivity index (χ2n) is 5.57. The minimum absolute atomic E-state index is 0.286. The number of thioether (sulfide) groups is 1. The Labute approximate surface area is 121 Å². The van der Waals surface area contributed by atoms with E-state index in [9.17, 15) is 4.79 Å². The Bertz CT molecular complexity index is 328. The van der Waals surface area contributed by atoms with E-state index in [-0.39, 0.29) is 5.97 Å². The highest BCUT2D eigenvalue weighted by Gasteiger charge is 2.24. The average molecular weight is 285 g/mol. The molecule has 1 rings (SSSR count). The van der Waals surface area contributed by atoms with Crippen molar-refractivity contribution in [3.63, 3.8) is 0 Å². The average Bonchev–Trinajstić information content (AvgIpc) is 2.37. The molecule has 0 saturated carbocycles. The number of ether oxygens (including phenoxy) is 1. The maximum Gasteiger partial charge on any atom is 0.323 e. The van der Waals surface area contributed by atoms with Gasteiger partial charge in [0.05, 0.1) is 6.61 Å². The lowest BCUT2D eigenvalue weighted by atomic mass is 9.86. The van der Waals surface area contributed by atoms with Crippen LogP contribution in [0.4, 0.5) is 0 Å². The summed E-state index contributed by atoms with van der Waals surface area (Å²) in [7, 11) is 0. The molecule has 2 unspecified atom stereocenters. The number of hydrogen-bond donors (Lipinski definition) is 1. The monoisotopic (exact) mass is 285 g/mol. The minimum Gasteiger partial charge on any atom is -0.465 e. The first kappa shape index (κ1) is 16.6. The van der Waals surface area contributed by atoms with Crippen molar-refractivity contribution >= 4 is 17.7 Å². The van der Waals surface area contributed by atoms with Gasteiger partial charge in [0.1, 0.15) is 6.04 Å². The van der Waals surface area contributed by atoms with Crippen LogP contribution in [0.1, 0.15) is 40.5 Å². The molecular weight excluding hydrogens is 258 g/mol. The van der Waals surface area contributed by atoms with Gasteiger partial charge in [-0.05, 0) is 31.6 Å². The molecule has 3 atom stereocenters. The van der Waals surface area contributed by atoms with Crippen LogP contribution in [0.25, 0.3) is 0 Å². The fourth-order valence-corrected chi connectivity index (χ4v) is 3.54. The zero-order chi connectivity index (χ0) is 14.4. The topological polar surface area (TPSA) is 52.3 Å². The number of rotatable bonds is 6. The van der Waals surface area contributed by atoms with Crippen molar-refractivity contribution in [2.75, 3.05) is 12.4 Å². The second-order valence-corrected chi connectivity index (χ2v) is 6.78. The lowest BCUT2D eigenvalue weighted by Gasteiger charge is -2.29. The van der Waals surface area contributed by atoms with Crippen LogP contribution in [0.3, 0.4) is 0 Å². The number of allylic oxidation sites excluding steroid dienone is 1. The summed E-state index contributed by atoms with van der Waals surface area (Å²) in [6.07, 6.45) is 4.83. The molecule has 0 aromatic heterocycles. The molecule has 0 aromatic carbocycles. The summed E-state index contributed by atoms with van der Waals surface area (Å²) >= 11 is 1.79. The molecule has 0 radical (unpaired) electrons. The Morgan fingerprint density at radius 2 is 2.26 bits per heavy atom. The predicted octanol–water partition coefficient (Wildman–Crippen LogP) is 2.99. The molecule has 4 heteroatoms. The Morgan fingerprint density at radius 3 is 2.84 bits per heavy atom. The fraction of sp³-hybridized carbons (Fsp3) is 0.800. The largest absolute Gasteiger partial charge is 0.465 e. The Balaban J connectivity index is 2.50. The van der Waals surface area contributed by atoms with E-state index in [1.54, 1.807) is 24.3 Å². The van der Waals surface area contributed by atoms with Gasteiger partial charge in [0.2, 0.25) is 0 Å². The van der Waals surface area contributed by atoms with E-state index in [0.717, 1.165) is 0 Å². The van der Waals surface area contributed by atoms with Gasteiger partial charge < -0.3 is 10.5 Å². The maximum absolute atomic E-state index is 11.5. The number of nitrogens with two attached hydrogens (primary N) is 1. The fourth-order valence-electron chi connectivity index (χ4n) is 2.24. The van der Waals surface area contributed by atoms with Crippen LogP contribution in [0.2, 0.25) is 0 Å². The van der Waals surface area contributed by atoms with Gasteiger partial charge in [0, 0.05) is 11.0 Å². The summed E-state index contributed by atoms with van der Waals surface area (Å²) in [5.41, 5.74) is 7.39. The van der Waals surface area contributed by atoms with E-state index in [0.29, 0.717) is 29.4 Å². The summed E-state index contributed by atoms with van der Waals surface area (Å²) in [6.45, 7) is 8.97. The van der Waals surface area contributed by atoms with Crippen molar-refractivity contribution in [1.29, 1.82) is 0 Å². The van der Waals surface area contributed by atoms with Gasteiger partial charge in [-0.15, -0.1) is 0 Å². The van der Waals surface area contributed by atoms with E-state index in [1.807, 2.05) is 0 Å². The van der Waals surface area contributed by atoms with Gasteiger partial charge in [0.25, 0.3) is 0 Å². The van der Waals surface area contributed by atoms with Crippen molar-refractivity contribution < 1.29 is 9.53 Å². The van der Waals surface area contributed by atoms with E-state index < -0.39 is 6.04 Å². The first-order chi connectivity index (χ1) is 8.95. The summed E-state index contributed by atoms with van der Waals surface area (Å²) in [6, 6.07) is -0.505. The third-order valence-electron chi connectivity index (χ3n) is 3.63. The highest BCUT2D eigenvalue weighted by atomic mass is 32.2. The molecular formula is C15H27NO2S. The number of carbonyl (C=O) groups is 1. The van der Waals surface area contributed by atoms with Gasteiger partial charge in [-0.25, -0.2) is 0 Å². The number of hydrogen-bond acceptors (Lipinski definition) is 4. The van der Waals surface area contributed by atoms with Crippen molar-refractivity contribution in [2.24, 2.45) is 17.6 Å². The van der Waals surface area contributed by atoms with Gasteiger partial charge in [-0.2, -0.15) is 11.8 Å². The van der Waals surface area contributed by atoms with Crippen LogP contribution < -0.4 is 5.73 Å². The van der Waals surface area contributed by atoms with E-state index in [1.165, 1.54) is 12.8 Å². The summed E-state index contributed by atoms with van der Waals surface area (Å²) in [5.74, 6) is 1.62. The van der Waals surface area contributed by atoms with Crippen LogP contribution in [-0.2, 0) is 9.53 Å². The molecule has 0 aromatic rings. The molecule has 2 N–H and O–H groups in total. The van der Waals surface area contributed by atoms with Crippen LogP contribution in [-0.4, -0.2) is 29.6 Å². The highest BCUT2D eigenvalue weighted by molar-refractivity contribution is 8.00. The molecule has 110 valence electrons. The highest BCUT2D eigenvalue weighted by Crippen LogP contribution is 2.34. The Kier molecular flexibility index (Phi) is 6.94. The van der Waals surface area contributed by atoms with Gasteiger partial charge >= 0.3 is 5.97 Å². The predicted molar refractivity (Wildman–Crippen MR) is 82.2 cm³/mol. The molecule has 0 spiro atoms. The SMILES string of the molecule is CCOC(=O)[C@@H](N)CSC1C=C(C(C)C)CCC1C. The van der Waals surface area contributed by atoms with Crippen LogP contribution in [0, 0.1) is 11.8 Å². The molecule has 0 fully saturated rings. The maximum atomic E-state index is 11.5. The van der Waals surface area contributed by atoms with Crippen molar-refractivity contribution in [1.82, 2.24) is 0 Å². The summed E-state index contributed by atoms with van der Waals surface area (Å²) in [5, 5.41) is 0.478. The van der Waals surface area contributed by atoms with E-state index in [4.69, 9.17) is 10.5 Å². The first-order valence-electron chi connectivity index (χ1n) is 7.20. The molecule has 0 heterocycles.